The van der Waals surface area contributed by atoms with Crippen molar-refractivity contribution in [3.8, 4) is 22.7 Å². The molecule has 0 fully saturated rings. The summed E-state index contributed by atoms with van der Waals surface area (Å²) >= 11 is 0. The largest absolute Gasteiger partial charge is 0.494 e. The molecule has 0 radical (unpaired) electrons. The summed E-state index contributed by atoms with van der Waals surface area (Å²) < 4.78 is 12.7. The Kier molecular flexibility index (Phi) is 5.03. The Labute approximate surface area is 185 Å². The first-order chi connectivity index (χ1) is 15.7. The zero-order chi connectivity index (χ0) is 22.1. The molecule has 0 unspecified atom stereocenters. The van der Waals surface area contributed by atoms with E-state index in [0.29, 0.717) is 17.9 Å². The van der Waals surface area contributed by atoms with Gasteiger partial charge >= 0.3 is 5.97 Å². The zero-order valence-electron chi connectivity index (χ0n) is 17.8. The van der Waals surface area contributed by atoms with Crippen molar-refractivity contribution in [3.05, 3.63) is 84.6 Å². The summed E-state index contributed by atoms with van der Waals surface area (Å²) in [5.74, 6) is 0.334. The quantitative estimate of drug-likeness (QED) is 0.353. The Morgan fingerprint density at radius 3 is 2.53 bits per heavy atom. The summed E-state index contributed by atoms with van der Waals surface area (Å²) in [6.07, 6.45) is 1.84. The molecular formula is C26H21N3O3. The van der Waals surface area contributed by atoms with Crippen LogP contribution in [0.1, 0.15) is 17.3 Å². The molecule has 0 saturated heterocycles. The predicted molar refractivity (Wildman–Crippen MR) is 124 cm³/mol. The van der Waals surface area contributed by atoms with Crippen LogP contribution in [-0.2, 0) is 4.74 Å². The molecule has 0 atom stereocenters. The molecule has 6 heteroatoms. The monoisotopic (exact) mass is 423 g/mol. The number of hydrogen-bond acceptors (Lipinski definition) is 5. The summed E-state index contributed by atoms with van der Waals surface area (Å²) in [5, 5.41) is 6.68. The minimum atomic E-state index is -0.363. The fourth-order valence-corrected chi connectivity index (χ4v) is 3.91. The van der Waals surface area contributed by atoms with Gasteiger partial charge in [-0.2, -0.15) is 5.10 Å². The third kappa shape index (κ3) is 3.26. The highest BCUT2D eigenvalue weighted by Crippen LogP contribution is 2.36. The van der Waals surface area contributed by atoms with E-state index in [1.807, 2.05) is 77.6 Å². The van der Waals surface area contributed by atoms with Gasteiger partial charge in [0.1, 0.15) is 17.1 Å². The fourth-order valence-electron chi connectivity index (χ4n) is 3.91. The zero-order valence-corrected chi connectivity index (χ0v) is 17.8. The van der Waals surface area contributed by atoms with Gasteiger partial charge in [-0.3, -0.25) is 4.98 Å². The van der Waals surface area contributed by atoms with Crippen LogP contribution >= 0.6 is 0 Å². The Balaban J connectivity index is 1.88. The SMILES string of the molecule is CCOC(=O)c1ccc2ncc3c(-c4ccccc4)nn(-c4ccccc4OC)c3c2c1. The fraction of sp³-hybridized carbons (Fsp3) is 0.115. The molecule has 0 aliphatic carbocycles. The molecule has 6 nitrogen and oxygen atoms in total. The molecule has 32 heavy (non-hydrogen) atoms. The smallest absolute Gasteiger partial charge is 0.338 e. The van der Waals surface area contributed by atoms with Gasteiger partial charge in [0.05, 0.1) is 30.3 Å². The second-order valence-electron chi connectivity index (χ2n) is 7.27. The number of para-hydroxylation sites is 2. The van der Waals surface area contributed by atoms with Crippen LogP contribution in [0.3, 0.4) is 0 Å². The van der Waals surface area contributed by atoms with Crippen molar-refractivity contribution in [2.75, 3.05) is 13.7 Å². The highest BCUT2D eigenvalue weighted by atomic mass is 16.5. The van der Waals surface area contributed by atoms with Crippen molar-refractivity contribution in [1.82, 2.24) is 14.8 Å². The second-order valence-corrected chi connectivity index (χ2v) is 7.27. The summed E-state index contributed by atoms with van der Waals surface area (Å²) in [7, 11) is 1.64. The van der Waals surface area contributed by atoms with Gasteiger partial charge in [-0.1, -0.05) is 42.5 Å². The summed E-state index contributed by atoms with van der Waals surface area (Å²) in [5.41, 5.74) is 4.68. The van der Waals surface area contributed by atoms with E-state index >= 15 is 0 Å². The lowest BCUT2D eigenvalue weighted by molar-refractivity contribution is 0.0526. The molecule has 3 aromatic carbocycles. The lowest BCUT2D eigenvalue weighted by atomic mass is 10.1. The van der Waals surface area contributed by atoms with E-state index in [-0.39, 0.29) is 5.97 Å². The number of carbonyl (C=O) groups excluding carboxylic acids is 1. The van der Waals surface area contributed by atoms with Crippen LogP contribution in [0.5, 0.6) is 5.75 Å². The van der Waals surface area contributed by atoms with Crippen LogP contribution in [-0.4, -0.2) is 34.5 Å². The van der Waals surface area contributed by atoms with Crippen molar-refractivity contribution in [2.24, 2.45) is 0 Å². The summed E-state index contributed by atoms with van der Waals surface area (Å²) in [6.45, 7) is 2.11. The molecule has 2 heterocycles. The molecule has 5 aromatic rings. The maximum Gasteiger partial charge on any atom is 0.338 e. The molecule has 0 N–H and O–H groups in total. The Morgan fingerprint density at radius 1 is 0.969 bits per heavy atom. The molecule has 0 spiro atoms. The molecule has 0 aliphatic rings. The lowest BCUT2D eigenvalue weighted by Crippen LogP contribution is -2.05. The van der Waals surface area contributed by atoms with Crippen LogP contribution in [0.25, 0.3) is 38.8 Å². The minimum absolute atomic E-state index is 0.316. The molecule has 158 valence electrons. The Hall–Kier alpha value is -4.19. The number of esters is 1. The average Bonchev–Trinajstić information content (AvgIpc) is 3.24. The van der Waals surface area contributed by atoms with Crippen LogP contribution in [0, 0.1) is 0 Å². The number of carbonyl (C=O) groups is 1. The molecule has 5 rings (SSSR count). The third-order valence-corrected chi connectivity index (χ3v) is 5.38. The van der Waals surface area contributed by atoms with Gasteiger partial charge in [0.2, 0.25) is 0 Å². The van der Waals surface area contributed by atoms with Crippen LogP contribution in [0.15, 0.2) is 79.0 Å². The van der Waals surface area contributed by atoms with Gasteiger partial charge in [0.25, 0.3) is 0 Å². The van der Waals surface area contributed by atoms with Crippen molar-refractivity contribution < 1.29 is 14.3 Å². The lowest BCUT2D eigenvalue weighted by Gasteiger charge is -2.11. The first-order valence-electron chi connectivity index (χ1n) is 10.4. The third-order valence-electron chi connectivity index (χ3n) is 5.38. The van der Waals surface area contributed by atoms with Crippen molar-refractivity contribution in [2.45, 2.75) is 6.92 Å². The van der Waals surface area contributed by atoms with E-state index < -0.39 is 0 Å². The van der Waals surface area contributed by atoms with Crippen molar-refractivity contribution in [3.63, 3.8) is 0 Å². The average molecular weight is 423 g/mol. The van der Waals surface area contributed by atoms with E-state index in [1.165, 1.54) is 0 Å². The van der Waals surface area contributed by atoms with E-state index in [2.05, 4.69) is 4.98 Å². The minimum Gasteiger partial charge on any atom is -0.494 e. The van der Waals surface area contributed by atoms with Crippen LogP contribution in [0.4, 0.5) is 0 Å². The summed E-state index contributed by atoms with van der Waals surface area (Å²) in [6, 6.07) is 23.1. The number of nitrogens with zero attached hydrogens (tertiary/aromatic N) is 3. The highest BCUT2D eigenvalue weighted by molar-refractivity contribution is 6.10. The first-order valence-corrected chi connectivity index (χ1v) is 10.4. The second kappa shape index (κ2) is 8.15. The highest BCUT2D eigenvalue weighted by Gasteiger charge is 2.20. The number of benzene rings is 3. The normalized spacial score (nSPS) is 11.1. The maximum absolute atomic E-state index is 12.4. The molecule has 0 saturated carbocycles. The van der Waals surface area contributed by atoms with E-state index in [0.717, 1.165) is 38.8 Å². The molecule has 0 aliphatic heterocycles. The van der Waals surface area contributed by atoms with Crippen LogP contribution in [0.2, 0.25) is 0 Å². The van der Waals surface area contributed by atoms with Crippen molar-refractivity contribution >= 4 is 27.8 Å². The number of rotatable bonds is 5. The molecule has 0 amide bonds. The number of aromatic nitrogens is 3. The summed E-state index contributed by atoms with van der Waals surface area (Å²) in [4.78, 5) is 17.1. The number of pyridine rings is 1. The predicted octanol–water partition coefficient (Wildman–Crippen LogP) is 5.43. The topological polar surface area (TPSA) is 66.2 Å². The van der Waals surface area contributed by atoms with E-state index in [1.54, 1.807) is 20.1 Å². The van der Waals surface area contributed by atoms with Crippen molar-refractivity contribution in [1.29, 1.82) is 0 Å². The molecular weight excluding hydrogens is 402 g/mol. The number of fused-ring (bicyclic) bond motifs is 3. The number of methoxy groups -OCH3 is 1. The van der Waals surface area contributed by atoms with E-state index in [4.69, 9.17) is 14.6 Å². The van der Waals surface area contributed by atoms with Gasteiger partial charge in [-0.15, -0.1) is 0 Å². The van der Waals surface area contributed by atoms with Gasteiger partial charge in [-0.05, 0) is 37.3 Å². The standard InChI is InChI=1S/C26H21N3O3/c1-3-32-26(30)18-13-14-21-19(15-18)25-20(16-27-21)24(17-9-5-4-6-10-17)28-29(25)22-11-7-8-12-23(22)31-2/h4-16H,3H2,1-2H3. The molecule has 2 aromatic heterocycles. The number of ether oxygens (including phenoxy) is 2. The van der Waals surface area contributed by atoms with Gasteiger partial charge < -0.3 is 9.47 Å². The maximum atomic E-state index is 12.4. The van der Waals surface area contributed by atoms with Gasteiger partial charge in [-0.25, -0.2) is 9.48 Å². The van der Waals surface area contributed by atoms with Gasteiger partial charge in [0, 0.05) is 22.5 Å². The first kappa shape index (κ1) is 19.8. The Bertz CT molecular complexity index is 1440. The van der Waals surface area contributed by atoms with E-state index in [9.17, 15) is 4.79 Å². The number of hydrogen-bond donors (Lipinski definition) is 0. The molecule has 0 bridgehead atoms. The van der Waals surface area contributed by atoms with Crippen LogP contribution < -0.4 is 4.74 Å². The Morgan fingerprint density at radius 2 is 1.75 bits per heavy atom. The van der Waals surface area contributed by atoms with Gasteiger partial charge in [0.15, 0.2) is 0 Å².